The predicted octanol–water partition coefficient (Wildman–Crippen LogP) is 3.37. The summed E-state index contributed by atoms with van der Waals surface area (Å²) in [6, 6.07) is 1.71. The Balaban J connectivity index is 0.00000144. The zero-order valence-corrected chi connectivity index (χ0v) is 12.5. The molecule has 0 saturated carbocycles. The average Bonchev–Trinajstić information content (AvgIpc) is 2.65. The number of hydrogen-bond donors (Lipinski definition) is 1. The van der Waals surface area contributed by atoms with E-state index >= 15 is 0 Å². The highest BCUT2D eigenvalue weighted by molar-refractivity contribution is 9.10. The molecule has 0 amide bonds. The van der Waals surface area contributed by atoms with Crippen LogP contribution in [0.15, 0.2) is 15.9 Å². The van der Waals surface area contributed by atoms with Gasteiger partial charge in [0.2, 0.25) is 0 Å². The second kappa shape index (κ2) is 6.73. The van der Waals surface area contributed by atoms with Gasteiger partial charge in [-0.3, -0.25) is 9.69 Å². The van der Waals surface area contributed by atoms with Gasteiger partial charge >= 0.3 is 5.97 Å². The number of aliphatic carboxylic acids is 1. The number of hydrogen-bond acceptors (Lipinski definition) is 3. The number of carbonyl (C=O) groups is 1. The molecule has 17 heavy (non-hydrogen) atoms. The molecular weight excluding hydrogens is 326 g/mol. The van der Waals surface area contributed by atoms with E-state index in [4.69, 9.17) is 5.11 Å². The van der Waals surface area contributed by atoms with Crippen molar-refractivity contribution in [2.75, 3.05) is 6.54 Å². The largest absolute Gasteiger partial charge is 0.480 e. The van der Waals surface area contributed by atoms with Crippen molar-refractivity contribution in [2.45, 2.75) is 31.8 Å². The molecule has 1 atom stereocenters. The molecule has 0 spiro atoms. The van der Waals surface area contributed by atoms with Gasteiger partial charge in [0.05, 0.1) is 0 Å². The number of piperidine rings is 1. The quantitative estimate of drug-likeness (QED) is 0.917. The van der Waals surface area contributed by atoms with E-state index in [0.29, 0.717) is 0 Å². The lowest BCUT2D eigenvalue weighted by atomic mass is 10.0. The topological polar surface area (TPSA) is 40.5 Å². The lowest BCUT2D eigenvalue weighted by molar-refractivity contribution is -0.144. The van der Waals surface area contributed by atoms with E-state index in [1.54, 1.807) is 11.3 Å². The number of likely N-dealkylation sites (tertiary alicyclic amines) is 1. The van der Waals surface area contributed by atoms with Crippen molar-refractivity contribution in [1.29, 1.82) is 0 Å². The fraction of sp³-hybridized carbons (Fsp3) is 0.545. The van der Waals surface area contributed by atoms with E-state index in [1.165, 1.54) is 4.88 Å². The van der Waals surface area contributed by atoms with Crippen LogP contribution in [0.1, 0.15) is 24.1 Å². The normalized spacial score (nSPS) is 20.9. The van der Waals surface area contributed by atoms with Crippen LogP contribution in [0.3, 0.4) is 0 Å². The van der Waals surface area contributed by atoms with Gasteiger partial charge in [0.15, 0.2) is 0 Å². The summed E-state index contributed by atoms with van der Waals surface area (Å²) in [5.41, 5.74) is 0. The Morgan fingerprint density at radius 3 is 2.94 bits per heavy atom. The molecule has 1 aliphatic heterocycles. The number of nitrogens with zero attached hydrogens (tertiary/aromatic N) is 1. The monoisotopic (exact) mass is 339 g/mol. The van der Waals surface area contributed by atoms with Crippen LogP contribution in [0.25, 0.3) is 0 Å². The number of carboxylic acids is 1. The van der Waals surface area contributed by atoms with Crippen molar-refractivity contribution in [2.24, 2.45) is 0 Å². The van der Waals surface area contributed by atoms with E-state index in [9.17, 15) is 4.79 Å². The van der Waals surface area contributed by atoms with Crippen LogP contribution < -0.4 is 0 Å². The zero-order chi connectivity index (χ0) is 11.5. The smallest absolute Gasteiger partial charge is 0.320 e. The van der Waals surface area contributed by atoms with Crippen molar-refractivity contribution in [1.82, 2.24) is 4.90 Å². The molecule has 1 aromatic rings. The van der Waals surface area contributed by atoms with Gasteiger partial charge in [0.25, 0.3) is 0 Å². The molecule has 2 heterocycles. The highest BCUT2D eigenvalue weighted by atomic mass is 79.9. The summed E-state index contributed by atoms with van der Waals surface area (Å²) in [6.45, 7) is 1.64. The summed E-state index contributed by atoms with van der Waals surface area (Å²) in [7, 11) is 0. The van der Waals surface area contributed by atoms with Gasteiger partial charge in [-0.1, -0.05) is 6.42 Å². The average molecular weight is 341 g/mol. The van der Waals surface area contributed by atoms with Gasteiger partial charge < -0.3 is 5.11 Å². The zero-order valence-electron chi connectivity index (χ0n) is 9.26. The summed E-state index contributed by atoms with van der Waals surface area (Å²) in [4.78, 5) is 14.4. The summed E-state index contributed by atoms with van der Waals surface area (Å²) in [5, 5.41) is 11.2. The molecular formula is C11H15BrClNO2S. The molecule has 0 aromatic carbocycles. The van der Waals surface area contributed by atoms with E-state index in [0.717, 1.165) is 36.8 Å². The molecule has 1 aromatic heterocycles. The first-order valence-electron chi connectivity index (χ1n) is 5.37. The predicted molar refractivity (Wildman–Crippen MR) is 75.0 cm³/mol. The maximum atomic E-state index is 11.1. The second-order valence-corrected chi connectivity index (χ2v) is 5.87. The van der Waals surface area contributed by atoms with Crippen molar-refractivity contribution in [3.63, 3.8) is 0 Å². The first-order chi connectivity index (χ1) is 7.68. The van der Waals surface area contributed by atoms with E-state index in [-0.39, 0.29) is 18.4 Å². The maximum Gasteiger partial charge on any atom is 0.320 e. The van der Waals surface area contributed by atoms with Crippen molar-refractivity contribution < 1.29 is 9.90 Å². The Morgan fingerprint density at radius 1 is 1.59 bits per heavy atom. The van der Waals surface area contributed by atoms with Crippen LogP contribution in [0.2, 0.25) is 0 Å². The van der Waals surface area contributed by atoms with Crippen molar-refractivity contribution >= 4 is 45.6 Å². The molecule has 1 saturated heterocycles. The summed E-state index contributed by atoms with van der Waals surface area (Å²) >= 11 is 5.16. The first kappa shape index (κ1) is 15.0. The Kier molecular flexibility index (Phi) is 5.92. The molecule has 96 valence electrons. The Bertz CT molecular complexity index is 385. The van der Waals surface area contributed by atoms with Gasteiger partial charge in [0.1, 0.15) is 6.04 Å². The molecule has 0 aliphatic carbocycles. The highest BCUT2D eigenvalue weighted by Gasteiger charge is 2.28. The van der Waals surface area contributed by atoms with E-state index in [2.05, 4.69) is 20.8 Å². The van der Waals surface area contributed by atoms with Crippen molar-refractivity contribution in [3.05, 3.63) is 20.8 Å². The van der Waals surface area contributed by atoms with Crippen LogP contribution in [0, 0.1) is 0 Å². The van der Waals surface area contributed by atoms with Crippen molar-refractivity contribution in [3.8, 4) is 0 Å². The molecule has 1 N–H and O–H groups in total. The number of carboxylic acid groups (broad SMARTS) is 1. The summed E-state index contributed by atoms with van der Waals surface area (Å²) in [6.07, 6.45) is 2.91. The Morgan fingerprint density at radius 2 is 2.35 bits per heavy atom. The molecule has 0 radical (unpaired) electrons. The fourth-order valence-corrected chi connectivity index (χ4v) is 3.58. The number of thiophene rings is 1. The minimum Gasteiger partial charge on any atom is -0.480 e. The van der Waals surface area contributed by atoms with Crippen LogP contribution in [-0.4, -0.2) is 28.6 Å². The molecule has 1 fully saturated rings. The van der Waals surface area contributed by atoms with Gasteiger partial charge in [-0.2, -0.15) is 0 Å². The minimum atomic E-state index is -0.688. The number of rotatable bonds is 3. The Labute approximate surface area is 119 Å². The fourth-order valence-electron chi connectivity index (χ4n) is 2.08. The standard InChI is InChI=1S/C11H14BrNO2S.ClH/c12-8-4-6-16-10(8)7-13-5-2-1-3-9(13)11(14)15;/h4,6,9H,1-3,5,7H2,(H,14,15);1H. The van der Waals surface area contributed by atoms with Crippen LogP contribution in [-0.2, 0) is 11.3 Å². The van der Waals surface area contributed by atoms with E-state index < -0.39 is 5.97 Å². The van der Waals surface area contributed by atoms with Gasteiger partial charge in [-0.25, -0.2) is 0 Å². The molecule has 3 nitrogen and oxygen atoms in total. The van der Waals surface area contributed by atoms with Gasteiger partial charge in [-0.05, 0) is 46.8 Å². The van der Waals surface area contributed by atoms with Crippen LogP contribution in [0.5, 0.6) is 0 Å². The summed E-state index contributed by atoms with van der Waals surface area (Å²) < 4.78 is 1.09. The Hall–Kier alpha value is -0.100. The number of halogens is 2. The molecule has 1 aliphatic rings. The maximum absolute atomic E-state index is 11.1. The third-order valence-electron chi connectivity index (χ3n) is 2.94. The second-order valence-electron chi connectivity index (χ2n) is 4.01. The molecule has 2 rings (SSSR count). The molecule has 6 heteroatoms. The third-order valence-corrected chi connectivity index (χ3v) is 4.85. The molecule has 0 bridgehead atoms. The highest BCUT2D eigenvalue weighted by Crippen LogP contribution is 2.27. The third kappa shape index (κ3) is 3.68. The van der Waals surface area contributed by atoms with Gasteiger partial charge in [-0.15, -0.1) is 23.7 Å². The lowest BCUT2D eigenvalue weighted by Gasteiger charge is -2.32. The van der Waals surface area contributed by atoms with Crippen LogP contribution in [0.4, 0.5) is 0 Å². The van der Waals surface area contributed by atoms with Gasteiger partial charge in [0, 0.05) is 15.9 Å². The lowest BCUT2D eigenvalue weighted by Crippen LogP contribution is -2.43. The molecule has 1 unspecified atom stereocenters. The minimum absolute atomic E-state index is 0. The van der Waals surface area contributed by atoms with E-state index in [1.807, 2.05) is 11.4 Å². The first-order valence-corrected chi connectivity index (χ1v) is 7.04. The summed E-state index contributed by atoms with van der Waals surface area (Å²) in [5.74, 6) is -0.688. The van der Waals surface area contributed by atoms with Crippen LogP contribution >= 0.6 is 39.7 Å². The SMILES string of the molecule is Cl.O=C(O)C1CCCCN1Cc1sccc1Br.